The van der Waals surface area contributed by atoms with Crippen molar-refractivity contribution in [3.05, 3.63) is 33.8 Å². The van der Waals surface area contributed by atoms with Gasteiger partial charge in [-0.3, -0.25) is 0 Å². The molecule has 0 spiro atoms. The quantitative estimate of drug-likeness (QED) is 0.857. The summed E-state index contributed by atoms with van der Waals surface area (Å²) in [5.74, 6) is 2.90. The van der Waals surface area contributed by atoms with Gasteiger partial charge in [0.1, 0.15) is 0 Å². The molecule has 98 valence electrons. The molecule has 3 heteroatoms. The van der Waals surface area contributed by atoms with Crippen molar-refractivity contribution in [2.75, 3.05) is 6.54 Å². The van der Waals surface area contributed by atoms with Crippen LogP contribution in [0.3, 0.4) is 0 Å². The lowest BCUT2D eigenvalue weighted by molar-refractivity contribution is 0.318. The zero-order valence-corrected chi connectivity index (χ0v) is 12.0. The van der Waals surface area contributed by atoms with Gasteiger partial charge in [-0.15, -0.1) is 0 Å². The molecule has 0 aliphatic heterocycles. The molecule has 3 unspecified atom stereocenters. The fraction of sp³-hybridized carbons (Fsp3) is 0.600. The number of nitrogens with one attached hydrogen (secondary N) is 1. The number of fused-ring (bicyclic) bond motifs is 2. The van der Waals surface area contributed by atoms with Gasteiger partial charge in [-0.05, 0) is 67.3 Å². The number of hydrogen-bond donors (Lipinski definition) is 1. The summed E-state index contributed by atoms with van der Waals surface area (Å²) in [6, 6.07) is 5.67. The van der Waals surface area contributed by atoms with Gasteiger partial charge < -0.3 is 5.32 Å². The van der Waals surface area contributed by atoms with Gasteiger partial charge >= 0.3 is 0 Å². The van der Waals surface area contributed by atoms with E-state index < -0.39 is 0 Å². The van der Waals surface area contributed by atoms with Gasteiger partial charge in [0.2, 0.25) is 0 Å². The molecule has 2 aliphatic carbocycles. The Labute approximate surface area is 119 Å². The monoisotopic (exact) mass is 283 g/mol. The molecule has 1 aromatic rings. The lowest BCUT2D eigenvalue weighted by Gasteiger charge is -2.22. The average Bonchev–Trinajstić information content (AvgIpc) is 2.96. The van der Waals surface area contributed by atoms with Crippen LogP contribution in [-0.2, 0) is 6.54 Å². The van der Waals surface area contributed by atoms with E-state index in [1.165, 1.54) is 25.7 Å². The topological polar surface area (TPSA) is 12.0 Å². The largest absolute Gasteiger partial charge is 0.312 e. The molecular formula is C15H19Cl2N. The zero-order valence-electron chi connectivity index (χ0n) is 10.5. The van der Waals surface area contributed by atoms with Crippen molar-refractivity contribution in [2.45, 2.75) is 32.2 Å². The van der Waals surface area contributed by atoms with E-state index in [-0.39, 0.29) is 0 Å². The number of rotatable bonds is 4. The van der Waals surface area contributed by atoms with E-state index in [1.807, 2.05) is 18.2 Å². The normalized spacial score (nSPS) is 30.0. The number of hydrogen-bond acceptors (Lipinski definition) is 1. The van der Waals surface area contributed by atoms with Crippen LogP contribution >= 0.6 is 23.2 Å². The van der Waals surface area contributed by atoms with E-state index in [0.717, 1.165) is 46.5 Å². The van der Waals surface area contributed by atoms with Gasteiger partial charge in [-0.25, -0.2) is 0 Å². The van der Waals surface area contributed by atoms with Crippen molar-refractivity contribution in [2.24, 2.45) is 17.8 Å². The Hall–Kier alpha value is -0.240. The molecule has 2 saturated carbocycles. The van der Waals surface area contributed by atoms with Crippen molar-refractivity contribution in [3.8, 4) is 0 Å². The molecule has 0 aromatic heterocycles. The smallest absolute Gasteiger partial charge is 0.0451 e. The van der Waals surface area contributed by atoms with Crippen LogP contribution in [0.4, 0.5) is 0 Å². The van der Waals surface area contributed by atoms with E-state index >= 15 is 0 Å². The second kappa shape index (κ2) is 5.40. The summed E-state index contributed by atoms with van der Waals surface area (Å²) in [5, 5.41) is 5.12. The minimum Gasteiger partial charge on any atom is -0.312 e. The predicted octanol–water partition coefficient (Wildman–Crippen LogP) is 4.52. The van der Waals surface area contributed by atoms with Crippen molar-refractivity contribution in [1.29, 1.82) is 0 Å². The van der Waals surface area contributed by atoms with E-state index in [0.29, 0.717) is 0 Å². The van der Waals surface area contributed by atoms with Gasteiger partial charge in [0, 0.05) is 16.6 Å². The Morgan fingerprint density at radius 2 is 2.06 bits per heavy atom. The standard InChI is InChI=1S/C15H19Cl2N/c16-14-3-4-15(17)13(7-14)9-18-8-12-6-10-1-2-11(12)5-10/h3-4,7,10-12,18H,1-2,5-6,8-9H2. The molecule has 1 aromatic carbocycles. The molecule has 2 fully saturated rings. The molecule has 0 amide bonds. The second-order valence-corrected chi connectivity index (χ2v) is 6.65. The SMILES string of the molecule is Clc1ccc(Cl)c(CNCC2CC3CCC2C3)c1. The lowest BCUT2D eigenvalue weighted by Crippen LogP contribution is -2.26. The van der Waals surface area contributed by atoms with Crippen molar-refractivity contribution in [3.63, 3.8) is 0 Å². The fourth-order valence-electron chi connectivity index (χ4n) is 3.70. The third-order valence-electron chi connectivity index (χ3n) is 4.61. The summed E-state index contributed by atoms with van der Waals surface area (Å²) >= 11 is 12.1. The first kappa shape index (κ1) is 12.8. The number of benzene rings is 1. The highest BCUT2D eigenvalue weighted by molar-refractivity contribution is 6.33. The Morgan fingerprint density at radius 3 is 2.78 bits per heavy atom. The van der Waals surface area contributed by atoms with Gasteiger partial charge in [0.05, 0.1) is 0 Å². The van der Waals surface area contributed by atoms with Crippen molar-refractivity contribution >= 4 is 23.2 Å². The van der Waals surface area contributed by atoms with Crippen LogP contribution in [-0.4, -0.2) is 6.54 Å². The molecular weight excluding hydrogens is 265 g/mol. The fourth-order valence-corrected chi connectivity index (χ4v) is 4.08. The van der Waals surface area contributed by atoms with Crippen LogP contribution < -0.4 is 5.32 Å². The molecule has 0 radical (unpaired) electrons. The van der Waals surface area contributed by atoms with Gasteiger partial charge in [0.25, 0.3) is 0 Å². The van der Waals surface area contributed by atoms with E-state index in [9.17, 15) is 0 Å². The zero-order chi connectivity index (χ0) is 12.5. The molecule has 18 heavy (non-hydrogen) atoms. The third kappa shape index (κ3) is 2.68. The van der Waals surface area contributed by atoms with Crippen LogP contribution in [0.1, 0.15) is 31.2 Å². The Bertz CT molecular complexity index is 433. The van der Waals surface area contributed by atoms with E-state index in [2.05, 4.69) is 5.32 Å². The van der Waals surface area contributed by atoms with Crippen LogP contribution in [0.15, 0.2) is 18.2 Å². The first-order chi connectivity index (χ1) is 8.72. The highest BCUT2D eigenvalue weighted by atomic mass is 35.5. The molecule has 1 N–H and O–H groups in total. The van der Waals surface area contributed by atoms with Gasteiger partial charge in [-0.2, -0.15) is 0 Å². The molecule has 2 bridgehead atoms. The minimum absolute atomic E-state index is 0.760. The van der Waals surface area contributed by atoms with Crippen LogP contribution in [0.25, 0.3) is 0 Å². The number of halogens is 2. The van der Waals surface area contributed by atoms with Crippen LogP contribution in [0, 0.1) is 17.8 Å². The Morgan fingerprint density at radius 1 is 1.17 bits per heavy atom. The van der Waals surface area contributed by atoms with Gasteiger partial charge in [-0.1, -0.05) is 29.6 Å². The van der Waals surface area contributed by atoms with E-state index in [4.69, 9.17) is 23.2 Å². The summed E-state index contributed by atoms with van der Waals surface area (Å²) in [7, 11) is 0. The third-order valence-corrected chi connectivity index (χ3v) is 5.22. The summed E-state index contributed by atoms with van der Waals surface area (Å²) in [6.07, 6.45) is 5.83. The Kier molecular flexibility index (Phi) is 3.83. The maximum absolute atomic E-state index is 6.16. The highest BCUT2D eigenvalue weighted by Crippen LogP contribution is 2.47. The molecule has 3 rings (SSSR count). The summed E-state index contributed by atoms with van der Waals surface area (Å²) < 4.78 is 0. The Balaban J connectivity index is 1.51. The van der Waals surface area contributed by atoms with Crippen LogP contribution in [0.2, 0.25) is 10.0 Å². The summed E-state index contributed by atoms with van der Waals surface area (Å²) in [6.45, 7) is 1.96. The average molecular weight is 284 g/mol. The van der Waals surface area contributed by atoms with Crippen molar-refractivity contribution < 1.29 is 0 Å². The first-order valence-electron chi connectivity index (χ1n) is 6.87. The lowest BCUT2D eigenvalue weighted by atomic mass is 9.89. The maximum Gasteiger partial charge on any atom is 0.0451 e. The van der Waals surface area contributed by atoms with Crippen LogP contribution in [0.5, 0.6) is 0 Å². The molecule has 0 heterocycles. The highest BCUT2D eigenvalue weighted by Gasteiger charge is 2.38. The molecule has 0 saturated heterocycles. The second-order valence-electron chi connectivity index (χ2n) is 5.80. The molecule has 2 aliphatic rings. The predicted molar refractivity (Wildman–Crippen MR) is 77.1 cm³/mol. The summed E-state index contributed by atoms with van der Waals surface area (Å²) in [4.78, 5) is 0. The minimum atomic E-state index is 0.760. The first-order valence-corrected chi connectivity index (χ1v) is 7.62. The molecule has 1 nitrogen and oxygen atoms in total. The van der Waals surface area contributed by atoms with Crippen molar-refractivity contribution in [1.82, 2.24) is 5.32 Å². The van der Waals surface area contributed by atoms with Gasteiger partial charge in [0.15, 0.2) is 0 Å². The summed E-state index contributed by atoms with van der Waals surface area (Å²) in [5.41, 5.74) is 1.10. The van der Waals surface area contributed by atoms with E-state index in [1.54, 1.807) is 0 Å². The maximum atomic E-state index is 6.16. The molecule has 3 atom stereocenters.